The maximum absolute atomic E-state index is 9.78. The van der Waals surface area contributed by atoms with Gasteiger partial charge in [0.05, 0.1) is 18.9 Å². The molecule has 0 radical (unpaired) electrons. The van der Waals surface area contributed by atoms with E-state index in [1.165, 1.54) is 5.56 Å². The summed E-state index contributed by atoms with van der Waals surface area (Å²) in [4.78, 5) is 2.28. The van der Waals surface area contributed by atoms with E-state index in [1.807, 2.05) is 38.1 Å². The van der Waals surface area contributed by atoms with Crippen molar-refractivity contribution < 1.29 is 24.2 Å². The van der Waals surface area contributed by atoms with Crippen molar-refractivity contribution in [3.05, 3.63) is 47.0 Å². The molecule has 166 valence electrons. The predicted molar refractivity (Wildman–Crippen MR) is 118 cm³/mol. The van der Waals surface area contributed by atoms with E-state index in [1.54, 1.807) is 7.11 Å². The summed E-state index contributed by atoms with van der Waals surface area (Å²) in [6.45, 7) is 5.11. The number of fused-ring (bicyclic) bond motifs is 2. The normalized spacial score (nSPS) is 18.2. The van der Waals surface area contributed by atoms with Crippen LogP contribution in [0.15, 0.2) is 35.5 Å². The summed E-state index contributed by atoms with van der Waals surface area (Å²) in [7, 11) is 3.75. The first kappa shape index (κ1) is 21.3. The smallest absolute Gasteiger partial charge is 0.231 e. The van der Waals surface area contributed by atoms with E-state index in [0.717, 1.165) is 35.6 Å². The lowest BCUT2D eigenvalue weighted by Gasteiger charge is -2.36. The van der Waals surface area contributed by atoms with Gasteiger partial charge in [0.2, 0.25) is 12.5 Å². The van der Waals surface area contributed by atoms with Crippen molar-refractivity contribution in [3.8, 4) is 23.0 Å². The van der Waals surface area contributed by atoms with Crippen LogP contribution in [0.5, 0.6) is 23.0 Å². The highest BCUT2D eigenvalue weighted by Crippen LogP contribution is 2.50. The molecule has 0 bridgehead atoms. The van der Waals surface area contributed by atoms with Gasteiger partial charge in [-0.15, -0.1) is 0 Å². The van der Waals surface area contributed by atoms with Crippen LogP contribution in [0, 0.1) is 0 Å². The van der Waals surface area contributed by atoms with Crippen LogP contribution < -0.4 is 18.9 Å². The first-order valence-corrected chi connectivity index (χ1v) is 10.6. The van der Waals surface area contributed by atoms with E-state index < -0.39 is 0 Å². The number of likely N-dealkylation sites (N-methyl/N-ethyl adjacent to an activating group) is 1. The van der Waals surface area contributed by atoms with Gasteiger partial charge in [0, 0.05) is 31.0 Å². The van der Waals surface area contributed by atoms with Crippen molar-refractivity contribution in [1.82, 2.24) is 4.90 Å². The number of methoxy groups -OCH3 is 1. The van der Waals surface area contributed by atoms with Crippen molar-refractivity contribution in [2.75, 3.05) is 27.5 Å². The molecule has 0 fully saturated rings. The monoisotopic (exact) mass is 426 g/mol. The molecule has 7 heteroatoms. The van der Waals surface area contributed by atoms with E-state index in [0.29, 0.717) is 30.1 Å². The Morgan fingerprint density at radius 2 is 2.03 bits per heavy atom. The Balaban J connectivity index is 1.57. The molecule has 2 heterocycles. The van der Waals surface area contributed by atoms with Crippen LogP contribution >= 0.6 is 0 Å². The van der Waals surface area contributed by atoms with Gasteiger partial charge in [0.15, 0.2) is 11.5 Å². The molecule has 2 aliphatic rings. The molecule has 7 nitrogen and oxygen atoms in total. The summed E-state index contributed by atoms with van der Waals surface area (Å²) in [5, 5.41) is 13.4. The summed E-state index contributed by atoms with van der Waals surface area (Å²) in [6.07, 6.45) is 2.18. The highest BCUT2D eigenvalue weighted by Gasteiger charge is 2.34. The third-order valence-electron chi connectivity index (χ3n) is 5.82. The van der Waals surface area contributed by atoms with Gasteiger partial charge in [-0.25, -0.2) is 0 Å². The molecular weight excluding hydrogens is 396 g/mol. The highest BCUT2D eigenvalue weighted by atomic mass is 16.7. The van der Waals surface area contributed by atoms with Crippen molar-refractivity contribution >= 4 is 5.71 Å². The molecule has 4 rings (SSSR count). The van der Waals surface area contributed by atoms with Crippen molar-refractivity contribution in [2.45, 2.75) is 45.3 Å². The predicted octanol–water partition coefficient (Wildman–Crippen LogP) is 4.20. The van der Waals surface area contributed by atoms with Gasteiger partial charge in [-0.05, 0) is 56.6 Å². The minimum Gasteiger partial charge on any atom is -0.492 e. The molecule has 1 atom stereocenters. The lowest BCUT2D eigenvalue weighted by molar-refractivity contribution is 0.170. The lowest BCUT2D eigenvalue weighted by Crippen LogP contribution is -2.34. The summed E-state index contributed by atoms with van der Waals surface area (Å²) < 4.78 is 22.8. The second-order valence-corrected chi connectivity index (χ2v) is 8.32. The van der Waals surface area contributed by atoms with Gasteiger partial charge >= 0.3 is 0 Å². The molecule has 0 amide bonds. The molecule has 0 saturated heterocycles. The third-order valence-corrected chi connectivity index (χ3v) is 5.82. The molecule has 2 aromatic rings. The quantitative estimate of drug-likeness (QED) is 0.406. The van der Waals surface area contributed by atoms with Crippen molar-refractivity contribution in [3.63, 3.8) is 0 Å². The summed E-state index contributed by atoms with van der Waals surface area (Å²) in [6, 6.07) is 10.0. The Morgan fingerprint density at radius 1 is 1.26 bits per heavy atom. The zero-order valence-corrected chi connectivity index (χ0v) is 18.6. The molecule has 2 aliphatic heterocycles. The SMILES string of the molecule is COc1c2c(cc3c1C(CC(Cc1ccc(OC(C)C)cc1)=NO)N(C)CC3)OCO2. The molecule has 31 heavy (non-hydrogen) atoms. The summed E-state index contributed by atoms with van der Waals surface area (Å²) in [5.74, 6) is 2.94. The molecule has 0 aromatic heterocycles. The van der Waals surface area contributed by atoms with Gasteiger partial charge in [-0.3, -0.25) is 4.90 Å². The Morgan fingerprint density at radius 3 is 2.71 bits per heavy atom. The van der Waals surface area contributed by atoms with Crippen molar-refractivity contribution in [1.29, 1.82) is 0 Å². The molecule has 2 aromatic carbocycles. The first-order chi connectivity index (χ1) is 15.0. The average molecular weight is 427 g/mol. The van der Waals surface area contributed by atoms with E-state index >= 15 is 0 Å². The Hall–Kier alpha value is -2.93. The maximum Gasteiger partial charge on any atom is 0.231 e. The van der Waals surface area contributed by atoms with Gasteiger partial charge in [-0.1, -0.05) is 17.3 Å². The van der Waals surface area contributed by atoms with Crippen LogP contribution in [-0.4, -0.2) is 49.4 Å². The standard InChI is InChI=1S/C24H30N2O5/c1-15(2)31-19-7-5-16(6-8-19)11-18(25-27)13-20-22-17(9-10-26(20)3)12-21-23(24(22)28-4)30-14-29-21/h5-8,12,15,20,27H,9-11,13-14H2,1-4H3. The van der Waals surface area contributed by atoms with Crippen LogP contribution in [-0.2, 0) is 12.8 Å². The number of ether oxygens (including phenoxy) is 4. The van der Waals surface area contributed by atoms with E-state index in [4.69, 9.17) is 18.9 Å². The second-order valence-electron chi connectivity index (χ2n) is 8.32. The van der Waals surface area contributed by atoms with E-state index in [2.05, 4.69) is 23.2 Å². The number of hydrogen-bond acceptors (Lipinski definition) is 7. The fourth-order valence-corrected chi connectivity index (χ4v) is 4.35. The maximum atomic E-state index is 9.78. The topological polar surface area (TPSA) is 72.8 Å². The number of oxime groups is 1. The van der Waals surface area contributed by atoms with Crippen molar-refractivity contribution in [2.24, 2.45) is 5.16 Å². The van der Waals surface area contributed by atoms with Gasteiger partial charge in [-0.2, -0.15) is 0 Å². The minimum atomic E-state index is 0.0163. The fourth-order valence-electron chi connectivity index (χ4n) is 4.35. The number of nitrogens with zero attached hydrogens (tertiary/aromatic N) is 2. The van der Waals surface area contributed by atoms with E-state index in [-0.39, 0.29) is 18.9 Å². The largest absolute Gasteiger partial charge is 0.492 e. The molecule has 0 aliphatic carbocycles. The Labute approximate surface area is 183 Å². The third kappa shape index (κ3) is 4.42. The van der Waals surface area contributed by atoms with E-state index in [9.17, 15) is 5.21 Å². The van der Waals surface area contributed by atoms with Crippen LogP contribution in [0.25, 0.3) is 0 Å². The second kappa shape index (κ2) is 9.06. The van der Waals surface area contributed by atoms with Crippen LogP contribution in [0.4, 0.5) is 0 Å². The van der Waals surface area contributed by atoms with Gasteiger partial charge in [0.25, 0.3) is 0 Å². The zero-order chi connectivity index (χ0) is 22.0. The van der Waals surface area contributed by atoms with Crippen LogP contribution in [0.3, 0.4) is 0 Å². The van der Waals surface area contributed by atoms with Crippen LogP contribution in [0.2, 0.25) is 0 Å². The number of rotatable bonds is 7. The first-order valence-electron chi connectivity index (χ1n) is 10.6. The molecule has 0 spiro atoms. The Kier molecular flexibility index (Phi) is 6.23. The molecular formula is C24H30N2O5. The number of hydrogen-bond donors (Lipinski definition) is 1. The van der Waals surface area contributed by atoms with Gasteiger partial charge in [0.1, 0.15) is 5.75 Å². The Bertz CT molecular complexity index is 955. The molecule has 1 N–H and O–H groups in total. The minimum absolute atomic E-state index is 0.0163. The fraction of sp³-hybridized carbons (Fsp3) is 0.458. The lowest BCUT2D eigenvalue weighted by atomic mass is 9.87. The van der Waals surface area contributed by atoms with Gasteiger partial charge < -0.3 is 24.2 Å². The average Bonchev–Trinajstić information content (AvgIpc) is 3.22. The molecule has 0 saturated carbocycles. The molecule has 1 unspecified atom stereocenters. The summed E-state index contributed by atoms with van der Waals surface area (Å²) >= 11 is 0. The highest BCUT2D eigenvalue weighted by molar-refractivity contribution is 5.87. The zero-order valence-electron chi connectivity index (χ0n) is 18.6. The number of benzene rings is 2. The summed E-state index contributed by atoms with van der Waals surface area (Å²) in [5.41, 5.74) is 4.06. The van der Waals surface area contributed by atoms with Crippen LogP contribution in [0.1, 0.15) is 43.0 Å².